The number of hydrogen-bond donors (Lipinski definition) is 3. The predicted molar refractivity (Wildman–Crippen MR) is 158 cm³/mol. The van der Waals surface area contributed by atoms with Crippen molar-refractivity contribution in [1.82, 2.24) is 5.43 Å². The van der Waals surface area contributed by atoms with E-state index in [1.807, 2.05) is 0 Å². The molecule has 0 saturated heterocycles. The van der Waals surface area contributed by atoms with Crippen LogP contribution in [0.15, 0.2) is 111 Å². The van der Waals surface area contributed by atoms with Gasteiger partial charge >= 0.3 is 17.8 Å². The van der Waals surface area contributed by atoms with E-state index < -0.39 is 23.7 Å². The highest BCUT2D eigenvalue weighted by molar-refractivity contribution is 9.10. The second kappa shape index (κ2) is 13.5. The van der Waals surface area contributed by atoms with Crippen LogP contribution >= 0.6 is 31.9 Å². The van der Waals surface area contributed by atoms with Gasteiger partial charge in [-0.25, -0.2) is 10.2 Å². The Bertz CT molecular complexity index is 1590. The standard InChI is InChI=1S/C29H20Br2N4O5/c30-20-10-12-22(13-11-20)33-26(36)24-6-1-2-7-25(24)34-27(37)28(38)35-32-17-18-8-14-23(15-9-18)40-29(39)19-4-3-5-21(31)16-19/h1-17H,(H,33,36)(H,34,37)(H,35,38). The van der Waals surface area contributed by atoms with Crippen LogP contribution in [0, 0.1) is 0 Å². The van der Waals surface area contributed by atoms with E-state index in [1.165, 1.54) is 18.3 Å². The van der Waals surface area contributed by atoms with Crippen molar-refractivity contribution in [3.05, 3.63) is 123 Å². The van der Waals surface area contributed by atoms with E-state index in [0.717, 1.165) is 8.95 Å². The Morgan fingerprint density at radius 1 is 0.725 bits per heavy atom. The van der Waals surface area contributed by atoms with Gasteiger partial charge in [-0.3, -0.25) is 14.4 Å². The summed E-state index contributed by atoms with van der Waals surface area (Å²) in [7, 11) is 0. The highest BCUT2D eigenvalue weighted by Crippen LogP contribution is 2.20. The number of para-hydroxylation sites is 1. The molecule has 0 radical (unpaired) electrons. The number of halogens is 2. The lowest BCUT2D eigenvalue weighted by Gasteiger charge is -2.11. The highest BCUT2D eigenvalue weighted by Gasteiger charge is 2.18. The Labute approximate surface area is 245 Å². The molecule has 200 valence electrons. The van der Waals surface area contributed by atoms with Crippen LogP contribution < -0.4 is 20.8 Å². The Kier molecular flexibility index (Phi) is 9.55. The van der Waals surface area contributed by atoms with E-state index in [9.17, 15) is 19.2 Å². The fourth-order valence-corrected chi connectivity index (χ4v) is 3.98. The fraction of sp³-hybridized carbons (Fsp3) is 0. The van der Waals surface area contributed by atoms with E-state index in [0.29, 0.717) is 22.6 Å². The summed E-state index contributed by atoms with van der Waals surface area (Å²) < 4.78 is 6.97. The third-order valence-corrected chi connectivity index (χ3v) is 6.28. The van der Waals surface area contributed by atoms with Crippen molar-refractivity contribution in [2.24, 2.45) is 5.10 Å². The summed E-state index contributed by atoms with van der Waals surface area (Å²) in [4.78, 5) is 49.7. The molecule has 0 fully saturated rings. The first-order valence-electron chi connectivity index (χ1n) is 11.7. The molecule has 4 aromatic rings. The van der Waals surface area contributed by atoms with E-state index in [2.05, 4.69) is 53.0 Å². The summed E-state index contributed by atoms with van der Waals surface area (Å²) in [6.07, 6.45) is 1.32. The van der Waals surface area contributed by atoms with Crippen molar-refractivity contribution < 1.29 is 23.9 Å². The van der Waals surface area contributed by atoms with Crippen LogP contribution in [0.3, 0.4) is 0 Å². The molecule has 0 saturated carbocycles. The normalized spacial score (nSPS) is 10.6. The van der Waals surface area contributed by atoms with Crippen LogP contribution in [-0.4, -0.2) is 29.9 Å². The number of nitrogens with zero attached hydrogens (tertiary/aromatic N) is 1. The molecule has 0 spiro atoms. The number of hydrogen-bond acceptors (Lipinski definition) is 6. The first-order chi connectivity index (χ1) is 19.3. The smallest absolute Gasteiger partial charge is 0.343 e. The van der Waals surface area contributed by atoms with Crippen LogP contribution in [0.2, 0.25) is 0 Å². The van der Waals surface area contributed by atoms with Crippen molar-refractivity contribution >= 4 is 73.1 Å². The molecule has 0 aliphatic heterocycles. The topological polar surface area (TPSA) is 126 Å². The molecule has 11 heteroatoms. The van der Waals surface area contributed by atoms with Crippen molar-refractivity contribution in [2.75, 3.05) is 10.6 Å². The maximum absolute atomic E-state index is 12.7. The summed E-state index contributed by atoms with van der Waals surface area (Å²) in [6, 6.07) is 26.5. The van der Waals surface area contributed by atoms with Gasteiger partial charge in [-0.1, -0.05) is 50.1 Å². The van der Waals surface area contributed by atoms with Gasteiger partial charge in [0.05, 0.1) is 23.0 Å². The first kappa shape index (κ1) is 28.4. The lowest BCUT2D eigenvalue weighted by atomic mass is 10.1. The van der Waals surface area contributed by atoms with Gasteiger partial charge in [-0.05, 0) is 84.4 Å². The lowest BCUT2D eigenvalue weighted by Crippen LogP contribution is -2.33. The molecular formula is C29H20Br2N4O5. The van der Waals surface area contributed by atoms with Crippen LogP contribution in [-0.2, 0) is 9.59 Å². The number of benzene rings is 4. The fourth-order valence-electron chi connectivity index (χ4n) is 3.32. The van der Waals surface area contributed by atoms with Crippen LogP contribution in [0.4, 0.5) is 11.4 Å². The molecule has 0 aliphatic rings. The number of esters is 1. The largest absolute Gasteiger partial charge is 0.423 e. The quantitative estimate of drug-likeness (QED) is 0.0761. The van der Waals surface area contributed by atoms with Crippen molar-refractivity contribution in [3.63, 3.8) is 0 Å². The zero-order chi connectivity index (χ0) is 28.5. The number of ether oxygens (including phenoxy) is 1. The molecule has 3 amide bonds. The van der Waals surface area contributed by atoms with Gasteiger partial charge in [0.1, 0.15) is 5.75 Å². The Morgan fingerprint density at radius 2 is 1.45 bits per heavy atom. The van der Waals surface area contributed by atoms with Gasteiger partial charge in [-0.15, -0.1) is 0 Å². The number of carbonyl (C=O) groups excluding carboxylic acids is 4. The SMILES string of the molecule is O=C(NN=Cc1ccc(OC(=O)c2cccc(Br)c2)cc1)C(=O)Nc1ccccc1C(=O)Nc1ccc(Br)cc1. The van der Waals surface area contributed by atoms with Crippen molar-refractivity contribution in [3.8, 4) is 5.75 Å². The number of rotatable bonds is 7. The van der Waals surface area contributed by atoms with Gasteiger partial charge in [-0.2, -0.15) is 5.10 Å². The molecule has 4 aromatic carbocycles. The zero-order valence-electron chi connectivity index (χ0n) is 20.6. The molecule has 0 aromatic heterocycles. The molecule has 4 rings (SSSR count). The van der Waals surface area contributed by atoms with Gasteiger partial charge in [0.15, 0.2) is 0 Å². The maximum atomic E-state index is 12.7. The number of hydrazone groups is 1. The van der Waals surface area contributed by atoms with Crippen LogP contribution in [0.5, 0.6) is 5.75 Å². The summed E-state index contributed by atoms with van der Waals surface area (Å²) in [5.74, 6) is -2.67. The minimum Gasteiger partial charge on any atom is -0.423 e. The summed E-state index contributed by atoms with van der Waals surface area (Å²) >= 11 is 6.65. The average molecular weight is 664 g/mol. The minimum atomic E-state index is -1.03. The summed E-state index contributed by atoms with van der Waals surface area (Å²) in [6.45, 7) is 0. The Hall–Kier alpha value is -4.61. The van der Waals surface area contributed by atoms with Gasteiger partial charge in [0.25, 0.3) is 5.91 Å². The molecule has 0 unspecified atom stereocenters. The molecule has 0 bridgehead atoms. The number of amides is 3. The van der Waals surface area contributed by atoms with Crippen LogP contribution in [0.1, 0.15) is 26.3 Å². The van der Waals surface area contributed by atoms with E-state index in [4.69, 9.17) is 4.74 Å². The molecule has 0 aliphatic carbocycles. The van der Waals surface area contributed by atoms with Gasteiger partial charge in [0.2, 0.25) is 0 Å². The van der Waals surface area contributed by atoms with Gasteiger partial charge in [0, 0.05) is 14.6 Å². The number of anilines is 2. The Balaban J connectivity index is 1.30. The lowest BCUT2D eigenvalue weighted by molar-refractivity contribution is -0.136. The monoisotopic (exact) mass is 662 g/mol. The third-order valence-electron chi connectivity index (χ3n) is 5.26. The molecule has 0 atom stereocenters. The van der Waals surface area contributed by atoms with Gasteiger partial charge < -0.3 is 15.4 Å². The third kappa shape index (κ3) is 7.95. The molecule has 3 N–H and O–H groups in total. The van der Waals surface area contributed by atoms with E-state index in [-0.39, 0.29) is 11.3 Å². The van der Waals surface area contributed by atoms with Crippen molar-refractivity contribution in [2.45, 2.75) is 0 Å². The predicted octanol–water partition coefficient (Wildman–Crippen LogP) is 5.77. The van der Waals surface area contributed by atoms with Crippen LogP contribution in [0.25, 0.3) is 0 Å². The van der Waals surface area contributed by atoms with Crippen molar-refractivity contribution in [1.29, 1.82) is 0 Å². The highest BCUT2D eigenvalue weighted by atomic mass is 79.9. The molecule has 40 heavy (non-hydrogen) atoms. The molecular weight excluding hydrogens is 644 g/mol. The number of carbonyl (C=O) groups is 4. The average Bonchev–Trinajstić information content (AvgIpc) is 2.95. The second-order valence-corrected chi connectivity index (χ2v) is 9.96. The Morgan fingerprint density at radius 3 is 2.17 bits per heavy atom. The van der Waals surface area contributed by atoms with E-state index in [1.54, 1.807) is 84.9 Å². The number of nitrogens with one attached hydrogen (secondary N) is 3. The summed E-state index contributed by atoms with van der Waals surface area (Å²) in [5, 5.41) is 8.96. The van der Waals surface area contributed by atoms with E-state index >= 15 is 0 Å². The zero-order valence-corrected chi connectivity index (χ0v) is 23.7. The maximum Gasteiger partial charge on any atom is 0.343 e. The molecule has 9 nitrogen and oxygen atoms in total. The summed E-state index contributed by atoms with van der Waals surface area (Å²) in [5.41, 5.74) is 4.03. The second-order valence-electron chi connectivity index (χ2n) is 8.13. The first-order valence-corrected chi connectivity index (χ1v) is 13.3. The molecule has 0 heterocycles. The minimum absolute atomic E-state index is 0.161.